The number of H-pyrrole nitrogens is 1. The fraction of sp³-hybridized carbons (Fsp3) is 0. The third-order valence-electron chi connectivity index (χ3n) is 3.06. The van der Waals surface area contributed by atoms with Gasteiger partial charge in [0.05, 0.1) is 0 Å². The summed E-state index contributed by atoms with van der Waals surface area (Å²) in [6.45, 7) is 0. The van der Waals surface area contributed by atoms with Gasteiger partial charge in [-0.25, -0.2) is 4.39 Å². The van der Waals surface area contributed by atoms with Gasteiger partial charge < -0.3 is 4.98 Å². The number of aromatic amines is 1. The molecule has 0 saturated heterocycles. The van der Waals surface area contributed by atoms with E-state index in [1.54, 1.807) is 6.20 Å². The number of carbonyl (C=O) groups excluding carboxylic acids is 1. The molecule has 1 N–H and O–H groups in total. The molecule has 0 aliphatic heterocycles. The van der Waals surface area contributed by atoms with Crippen molar-refractivity contribution in [3.63, 3.8) is 0 Å². The predicted octanol–water partition coefficient (Wildman–Crippen LogP) is 4.91. The second-order valence-electron chi connectivity index (χ2n) is 4.35. The van der Waals surface area contributed by atoms with Crippen LogP contribution in [0.2, 0.25) is 0 Å². The maximum absolute atomic E-state index is 13.1. The summed E-state index contributed by atoms with van der Waals surface area (Å²) in [5, 5.41) is 0.860. The van der Waals surface area contributed by atoms with Crippen LogP contribution in [-0.4, -0.2) is 10.8 Å². The monoisotopic (exact) mass is 443 g/mol. The van der Waals surface area contributed by atoms with Crippen LogP contribution < -0.4 is 0 Å². The molecule has 0 radical (unpaired) electrons. The Balaban J connectivity index is 2.13. The number of benzene rings is 2. The molecule has 0 bridgehead atoms. The number of halogens is 3. The van der Waals surface area contributed by atoms with E-state index in [4.69, 9.17) is 0 Å². The van der Waals surface area contributed by atoms with E-state index in [1.807, 2.05) is 40.8 Å². The number of hydrogen-bond donors (Lipinski definition) is 1. The first-order valence-corrected chi connectivity index (χ1v) is 7.70. The van der Waals surface area contributed by atoms with E-state index in [9.17, 15) is 9.18 Å². The second kappa shape index (κ2) is 5.29. The SMILES string of the molecule is O=C(c1ccc(F)cc1I)c1c[nH]c2cc(Br)ccc12. The first-order chi connectivity index (χ1) is 9.56. The number of nitrogens with one attached hydrogen (secondary N) is 1. The van der Waals surface area contributed by atoms with E-state index < -0.39 is 0 Å². The topological polar surface area (TPSA) is 32.9 Å². The van der Waals surface area contributed by atoms with Crippen molar-refractivity contribution in [1.82, 2.24) is 4.98 Å². The fourth-order valence-electron chi connectivity index (χ4n) is 2.10. The van der Waals surface area contributed by atoms with Crippen molar-refractivity contribution < 1.29 is 9.18 Å². The molecule has 0 fully saturated rings. The standard InChI is InChI=1S/C15H8BrFINO/c16-8-1-3-10-12(7-19-14(10)5-8)15(20)11-4-2-9(17)6-13(11)18/h1-7,19H. The molecular weight excluding hydrogens is 436 g/mol. The smallest absolute Gasteiger partial charge is 0.196 e. The van der Waals surface area contributed by atoms with Crippen molar-refractivity contribution in [2.24, 2.45) is 0 Å². The van der Waals surface area contributed by atoms with Gasteiger partial charge in [0, 0.05) is 36.3 Å². The zero-order chi connectivity index (χ0) is 14.3. The predicted molar refractivity (Wildman–Crippen MR) is 88.5 cm³/mol. The third-order valence-corrected chi connectivity index (χ3v) is 4.45. The van der Waals surface area contributed by atoms with Crippen LogP contribution in [-0.2, 0) is 0 Å². The summed E-state index contributed by atoms with van der Waals surface area (Å²) in [6.07, 6.45) is 1.69. The van der Waals surface area contributed by atoms with Crippen molar-refractivity contribution >= 4 is 55.2 Å². The molecule has 3 rings (SSSR count). The van der Waals surface area contributed by atoms with E-state index in [-0.39, 0.29) is 11.6 Å². The van der Waals surface area contributed by atoms with Crippen molar-refractivity contribution in [2.75, 3.05) is 0 Å². The lowest BCUT2D eigenvalue weighted by Crippen LogP contribution is -2.03. The minimum Gasteiger partial charge on any atom is -0.360 e. The van der Waals surface area contributed by atoms with Crippen LogP contribution in [0.3, 0.4) is 0 Å². The van der Waals surface area contributed by atoms with Gasteiger partial charge in [-0.1, -0.05) is 22.0 Å². The lowest BCUT2D eigenvalue weighted by Gasteiger charge is -2.03. The number of rotatable bonds is 2. The molecule has 1 heterocycles. The quantitative estimate of drug-likeness (QED) is 0.443. The highest BCUT2D eigenvalue weighted by molar-refractivity contribution is 14.1. The normalized spacial score (nSPS) is 10.9. The van der Waals surface area contributed by atoms with Crippen LogP contribution in [0.25, 0.3) is 10.9 Å². The molecule has 3 aromatic rings. The van der Waals surface area contributed by atoms with Crippen LogP contribution in [0.5, 0.6) is 0 Å². The Kier molecular flexibility index (Phi) is 3.64. The van der Waals surface area contributed by atoms with Crippen LogP contribution in [0.1, 0.15) is 15.9 Å². The summed E-state index contributed by atoms with van der Waals surface area (Å²) in [7, 11) is 0. The minimum absolute atomic E-state index is 0.108. The van der Waals surface area contributed by atoms with Crippen LogP contribution >= 0.6 is 38.5 Å². The highest BCUT2D eigenvalue weighted by Gasteiger charge is 2.17. The van der Waals surface area contributed by atoms with E-state index in [0.717, 1.165) is 15.4 Å². The first kappa shape index (κ1) is 13.8. The van der Waals surface area contributed by atoms with E-state index in [0.29, 0.717) is 14.7 Å². The molecule has 2 aromatic carbocycles. The molecule has 20 heavy (non-hydrogen) atoms. The number of ketones is 1. The van der Waals surface area contributed by atoms with Gasteiger partial charge in [0.1, 0.15) is 5.82 Å². The molecular formula is C15H8BrFINO. The largest absolute Gasteiger partial charge is 0.360 e. The molecule has 0 aliphatic carbocycles. The van der Waals surface area contributed by atoms with Crippen LogP contribution in [0, 0.1) is 9.39 Å². The highest BCUT2D eigenvalue weighted by atomic mass is 127. The average Bonchev–Trinajstić information content (AvgIpc) is 2.80. The van der Waals surface area contributed by atoms with Gasteiger partial charge in [-0.3, -0.25) is 4.79 Å². The van der Waals surface area contributed by atoms with Gasteiger partial charge in [-0.2, -0.15) is 0 Å². The van der Waals surface area contributed by atoms with Crippen molar-refractivity contribution in [3.05, 3.63) is 67.6 Å². The van der Waals surface area contributed by atoms with Gasteiger partial charge in [-0.15, -0.1) is 0 Å². The molecule has 0 aliphatic rings. The number of carbonyl (C=O) groups is 1. The summed E-state index contributed by atoms with van der Waals surface area (Å²) in [6, 6.07) is 9.89. The zero-order valence-electron chi connectivity index (χ0n) is 10.1. The van der Waals surface area contributed by atoms with Crippen LogP contribution in [0.15, 0.2) is 47.1 Å². The summed E-state index contributed by atoms with van der Waals surface area (Å²) in [4.78, 5) is 15.7. The van der Waals surface area contributed by atoms with Gasteiger partial charge in [0.15, 0.2) is 5.78 Å². The van der Waals surface area contributed by atoms with E-state index in [1.165, 1.54) is 18.2 Å². The average molecular weight is 444 g/mol. The molecule has 1 aromatic heterocycles. The summed E-state index contributed by atoms with van der Waals surface area (Å²) >= 11 is 5.37. The maximum atomic E-state index is 13.1. The molecule has 0 atom stereocenters. The molecule has 2 nitrogen and oxygen atoms in total. The zero-order valence-corrected chi connectivity index (χ0v) is 13.8. The summed E-state index contributed by atoms with van der Waals surface area (Å²) < 4.78 is 14.7. The second-order valence-corrected chi connectivity index (χ2v) is 6.42. The van der Waals surface area contributed by atoms with E-state index in [2.05, 4.69) is 20.9 Å². The van der Waals surface area contributed by atoms with E-state index >= 15 is 0 Å². The molecule has 100 valence electrons. The molecule has 0 amide bonds. The van der Waals surface area contributed by atoms with Crippen LogP contribution in [0.4, 0.5) is 4.39 Å². The molecule has 5 heteroatoms. The highest BCUT2D eigenvalue weighted by Crippen LogP contribution is 2.26. The summed E-state index contributed by atoms with van der Waals surface area (Å²) in [5.41, 5.74) is 1.99. The van der Waals surface area contributed by atoms with Gasteiger partial charge in [-0.05, 0) is 52.9 Å². The maximum Gasteiger partial charge on any atom is 0.196 e. The molecule has 0 spiro atoms. The van der Waals surface area contributed by atoms with Crippen molar-refractivity contribution in [3.8, 4) is 0 Å². The first-order valence-electron chi connectivity index (χ1n) is 5.82. The lowest BCUT2D eigenvalue weighted by molar-refractivity contribution is 0.103. The van der Waals surface area contributed by atoms with Gasteiger partial charge >= 0.3 is 0 Å². The Labute approximate surface area is 136 Å². The molecule has 0 saturated carbocycles. The Bertz CT molecular complexity index is 828. The van der Waals surface area contributed by atoms with Crippen molar-refractivity contribution in [1.29, 1.82) is 0 Å². The Morgan fingerprint density at radius 1 is 1.15 bits per heavy atom. The fourth-order valence-corrected chi connectivity index (χ4v) is 3.19. The Morgan fingerprint density at radius 3 is 2.70 bits per heavy atom. The molecule has 0 unspecified atom stereocenters. The van der Waals surface area contributed by atoms with Crippen molar-refractivity contribution in [2.45, 2.75) is 0 Å². The Morgan fingerprint density at radius 2 is 1.95 bits per heavy atom. The number of hydrogen-bond acceptors (Lipinski definition) is 1. The Hall–Kier alpha value is -1.21. The third kappa shape index (κ3) is 2.40. The summed E-state index contributed by atoms with van der Waals surface area (Å²) in [5.74, 6) is -0.447. The number of fused-ring (bicyclic) bond motifs is 1. The number of aromatic nitrogens is 1. The van der Waals surface area contributed by atoms with Gasteiger partial charge in [0.25, 0.3) is 0 Å². The minimum atomic E-state index is -0.339. The lowest BCUT2D eigenvalue weighted by atomic mass is 10.0. The van der Waals surface area contributed by atoms with Gasteiger partial charge in [0.2, 0.25) is 0 Å².